The molecule has 4 nitrogen and oxygen atoms in total. The van der Waals surface area contributed by atoms with Gasteiger partial charge in [-0.2, -0.15) is 0 Å². The van der Waals surface area contributed by atoms with Gasteiger partial charge in [-0.1, -0.05) is 6.92 Å². The summed E-state index contributed by atoms with van der Waals surface area (Å²) in [6, 6.07) is 0. The molecule has 2 N–H and O–H groups in total. The van der Waals surface area contributed by atoms with E-state index in [1.165, 1.54) is 0 Å². The second-order valence-corrected chi connectivity index (χ2v) is 5.62. The number of carbonyl (C=O) groups is 1. The average molecular weight is 239 g/mol. The highest BCUT2D eigenvalue weighted by Gasteiger charge is 2.29. The Morgan fingerprint density at radius 2 is 2.50 bits per heavy atom. The standard InChI is InChI=1S/C11H17N3OS/c1-7-3-12-6-10(7)11(15)14-5-9-4-13-8(2)16-9/h4,7,10,12H,3,5-6H2,1-2H3,(H,14,15)/t7-,10-/m1/s1. The molecule has 2 atom stereocenters. The summed E-state index contributed by atoms with van der Waals surface area (Å²) in [5.74, 6) is 0.709. The highest BCUT2D eigenvalue weighted by atomic mass is 32.1. The van der Waals surface area contributed by atoms with E-state index in [4.69, 9.17) is 0 Å². The van der Waals surface area contributed by atoms with Gasteiger partial charge in [0.2, 0.25) is 5.91 Å². The summed E-state index contributed by atoms with van der Waals surface area (Å²) in [4.78, 5) is 17.1. The Morgan fingerprint density at radius 1 is 1.69 bits per heavy atom. The quantitative estimate of drug-likeness (QED) is 0.825. The lowest BCUT2D eigenvalue weighted by atomic mass is 9.97. The van der Waals surface area contributed by atoms with Crippen LogP contribution in [-0.2, 0) is 11.3 Å². The lowest BCUT2D eigenvalue weighted by molar-refractivity contribution is -0.125. The second kappa shape index (κ2) is 4.93. The van der Waals surface area contributed by atoms with E-state index in [2.05, 4.69) is 22.5 Å². The normalized spacial score (nSPS) is 24.6. The molecule has 0 spiro atoms. The third-order valence-electron chi connectivity index (χ3n) is 2.96. The van der Waals surface area contributed by atoms with E-state index in [-0.39, 0.29) is 11.8 Å². The minimum atomic E-state index is 0.119. The fourth-order valence-corrected chi connectivity index (χ4v) is 2.69. The topological polar surface area (TPSA) is 54.0 Å². The number of rotatable bonds is 3. The Labute approximate surface area is 99.5 Å². The van der Waals surface area contributed by atoms with Gasteiger partial charge in [0.25, 0.3) is 0 Å². The van der Waals surface area contributed by atoms with Crippen molar-refractivity contribution in [2.24, 2.45) is 11.8 Å². The second-order valence-electron chi connectivity index (χ2n) is 4.31. The maximum atomic E-state index is 11.9. The Kier molecular flexibility index (Phi) is 3.56. The van der Waals surface area contributed by atoms with Gasteiger partial charge in [-0.15, -0.1) is 11.3 Å². The molecule has 1 saturated heterocycles. The highest BCUT2D eigenvalue weighted by Crippen LogP contribution is 2.16. The maximum Gasteiger partial charge on any atom is 0.225 e. The molecule has 0 bridgehead atoms. The van der Waals surface area contributed by atoms with Crippen LogP contribution in [0, 0.1) is 18.8 Å². The van der Waals surface area contributed by atoms with Crippen LogP contribution in [-0.4, -0.2) is 24.0 Å². The fraction of sp³-hybridized carbons (Fsp3) is 0.636. The Morgan fingerprint density at radius 3 is 3.06 bits per heavy atom. The largest absolute Gasteiger partial charge is 0.351 e. The number of amides is 1. The lowest BCUT2D eigenvalue weighted by Crippen LogP contribution is -2.33. The summed E-state index contributed by atoms with van der Waals surface area (Å²) in [7, 11) is 0. The molecular formula is C11H17N3OS. The molecule has 1 aliphatic rings. The molecule has 5 heteroatoms. The molecule has 0 aromatic carbocycles. The van der Waals surface area contributed by atoms with Gasteiger partial charge in [-0.05, 0) is 19.4 Å². The third kappa shape index (κ3) is 2.59. The zero-order chi connectivity index (χ0) is 11.5. The molecule has 88 valence electrons. The van der Waals surface area contributed by atoms with Crippen molar-refractivity contribution in [3.05, 3.63) is 16.1 Å². The van der Waals surface area contributed by atoms with E-state index in [0.717, 1.165) is 23.0 Å². The van der Waals surface area contributed by atoms with Gasteiger partial charge in [0.05, 0.1) is 17.5 Å². The molecule has 0 unspecified atom stereocenters. The Bertz CT molecular complexity index is 377. The predicted molar refractivity (Wildman–Crippen MR) is 64.2 cm³/mol. The van der Waals surface area contributed by atoms with Crippen molar-refractivity contribution in [2.45, 2.75) is 20.4 Å². The van der Waals surface area contributed by atoms with E-state index in [0.29, 0.717) is 12.5 Å². The molecule has 2 heterocycles. The molecule has 1 amide bonds. The molecule has 1 fully saturated rings. The molecule has 2 rings (SSSR count). The summed E-state index contributed by atoms with van der Waals surface area (Å²) in [6.45, 7) is 6.43. The number of thiazole rings is 1. The maximum absolute atomic E-state index is 11.9. The number of nitrogens with one attached hydrogen (secondary N) is 2. The summed E-state index contributed by atoms with van der Waals surface area (Å²) in [5.41, 5.74) is 0. The fourth-order valence-electron chi connectivity index (χ4n) is 1.95. The SMILES string of the molecule is Cc1ncc(CNC(=O)[C@@H]2CNC[C@H]2C)s1. The van der Waals surface area contributed by atoms with Crippen molar-refractivity contribution in [2.75, 3.05) is 13.1 Å². The van der Waals surface area contributed by atoms with E-state index < -0.39 is 0 Å². The summed E-state index contributed by atoms with van der Waals surface area (Å²) in [6.07, 6.45) is 1.83. The van der Waals surface area contributed by atoms with Crippen LogP contribution < -0.4 is 10.6 Å². The van der Waals surface area contributed by atoms with Gasteiger partial charge >= 0.3 is 0 Å². The first-order chi connectivity index (χ1) is 7.66. The van der Waals surface area contributed by atoms with E-state index >= 15 is 0 Å². The van der Waals surface area contributed by atoms with Crippen LogP contribution in [0.25, 0.3) is 0 Å². The minimum Gasteiger partial charge on any atom is -0.351 e. The van der Waals surface area contributed by atoms with Gasteiger partial charge in [-0.3, -0.25) is 4.79 Å². The van der Waals surface area contributed by atoms with Crippen LogP contribution in [0.2, 0.25) is 0 Å². The van der Waals surface area contributed by atoms with E-state index in [9.17, 15) is 4.79 Å². The molecule has 16 heavy (non-hydrogen) atoms. The van der Waals surface area contributed by atoms with Crippen molar-refractivity contribution in [1.82, 2.24) is 15.6 Å². The first kappa shape index (κ1) is 11.5. The molecule has 0 aliphatic carbocycles. The number of nitrogens with zero attached hydrogens (tertiary/aromatic N) is 1. The third-order valence-corrected chi connectivity index (χ3v) is 3.87. The van der Waals surface area contributed by atoms with Gasteiger partial charge in [0.15, 0.2) is 0 Å². The lowest BCUT2D eigenvalue weighted by Gasteiger charge is -2.13. The summed E-state index contributed by atoms with van der Waals surface area (Å²) < 4.78 is 0. The molecule has 1 aromatic heterocycles. The van der Waals surface area contributed by atoms with Crippen molar-refractivity contribution < 1.29 is 4.79 Å². The predicted octanol–water partition coefficient (Wildman–Crippen LogP) is 0.923. The number of carbonyl (C=O) groups excluding carboxylic acids is 1. The van der Waals surface area contributed by atoms with Crippen molar-refractivity contribution >= 4 is 17.2 Å². The zero-order valence-corrected chi connectivity index (χ0v) is 10.4. The van der Waals surface area contributed by atoms with Crippen LogP contribution in [0.5, 0.6) is 0 Å². The van der Waals surface area contributed by atoms with Gasteiger partial charge in [-0.25, -0.2) is 4.98 Å². The van der Waals surface area contributed by atoms with Crippen LogP contribution >= 0.6 is 11.3 Å². The van der Waals surface area contributed by atoms with Crippen LogP contribution in [0.3, 0.4) is 0 Å². The minimum absolute atomic E-state index is 0.119. The first-order valence-electron chi connectivity index (χ1n) is 5.56. The summed E-state index contributed by atoms with van der Waals surface area (Å²) in [5, 5.41) is 7.25. The number of hydrogen-bond donors (Lipinski definition) is 2. The smallest absolute Gasteiger partial charge is 0.225 e. The zero-order valence-electron chi connectivity index (χ0n) is 9.62. The van der Waals surface area contributed by atoms with E-state index in [1.54, 1.807) is 11.3 Å². The van der Waals surface area contributed by atoms with Gasteiger partial charge in [0, 0.05) is 17.6 Å². The molecule has 1 aromatic rings. The Balaban J connectivity index is 1.83. The summed E-state index contributed by atoms with van der Waals surface area (Å²) >= 11 is 1.63. The number of aryl methyl sites for hydroxylation is 1. The van der Waals surface area contributed by atoms with Crippen molar-refractivity contribution in [1.29, 1.82) is 0 Å². The van der Waals surface area contributed by atoms with Crippen molar-refractivity contribution in [3.63, 3.8) is 0 Å². The molecular weight excluding hydrogens is 222 g/mol. The highest BCUT2D eigenvalue weighted by molar-refractivity contribution is 7.11. The monoisotopic (exact) mass is 239 g/mol. The molecule has 1 aliphatic heterocycles. The van der Waals surface area contributed by atoms with Crippen LogP contribution in [0.4, 0.5) is 0 Å². The van der Waals surface area contributed by atoms with E-state index in [1.807, 2.05) is 13.1 Å². The molecule has 0 saturated carbocycles. The van der Waals surface area contributed by atoms with Gasteiger partial charge in [0.1, 0.15) is 0 Å². The van der Waals surface area contributed by atoms with Crippen molar-refractivity contribution in [3.8, 4) is 0 Å². The Hall–Kier alpha value is -0.940. The first-order valence-corrected chi connectivity index (χ1v) is 6.38. The van der Waals surface area contributed by atoms with Crippen LogP contribution in [0.15, 0.2) is 6.20 Å². The van der Waals surface area contributed by atoms with Crippen LogP contribution in [0.1, 0.15) is 16.8 Å². The number of hydrogen-bond acceptors (Lipinski definition) is 4. The van der Waals surface area contributed by atoms with Gasteiger partial charge < -0.3 is 10.6 Å². The average Bonchev–Trinajstić information content (AvgIpc) is 2.84. The number of aromatic nitrogens is 1. The molecule has 0 radical (unpaired) electrons.